The second kappa shape index (κ2) is 4.11. The average Bonchev–Trinajstić information content (AvgIpc) is 2.70. The van der Waals surface area contributed by atoms with E-state index in [1.54, 1.807) is 11.0 Å². The summed E-state index contributed by atoms with van der Waals surface area (Å²) in [6.07, 6.45) is 3.16. The molecule has 2 rings (SSSR count). The van der Waals surface area contributed by atoms with Gasteiger partial charge in [0.05, 0.1) is 5.69 Å². The molecule has 3 nitrogen and oxygen atoms in total. The largest absolute Gasteiger partial charge is 0.223 e. The van der Waals surface area contributed by atoms with Gasteiger partial charge in [-0.2, -0.15) is 5.10 Å². The summed E-state index contributed by atoms with van der Waals surface area (Å²) in [5.41, 5.74) is 2.03. The predicted octanol–water partition coefficient (Wildman–Crippen LogP) is 2.77. The maximum Gasteiger partial charge on any atom is 0.138 e. The Morgan fingerprint density at radius 2 is 2.29 bits per heavy atom. The minimum absolute atomic E-state index is 0.510. The van der Waals surface area contributed by atoms with Gasteiger partial charge in [-0.15, -0.1) is 11.6 Å². The van der Waals surface area contributed by atoms with Gasteiger partial charge < -0.3 is 0 Å². The Labute approximate surface area is 94.9 Å². The van der Waals surface area contributed by atoms with Crippen molar-refractivity contribution < 1.29 is 0 Å². The molecular weight excluding hydrogens is 265 g/mol. The normalized spacial score (nSPS) is 10.4. The van der Waals surface area contributed by atoms with Crippen molar-refractivity contribution in [3.8, 4) is 5.69 Å². The second-order valence-electron chi connectivity index (χ2n) is 2.76. The highest BCUT2D eigenvalue weighted by atomic mass is 79.9. The van der Waals surface area contributed by atoms with E-state index in [9.17, 15) is 0 Å². The number of halogens is 2. The van der Waals surface area contributed by atoms with E-state index in [4.69, 9.17) is 11.6 Å². The molecule has 0 aliphatic rings. The van der Waals surface area contributed by atoms with Crippen LogP contribution < -0.4 is 0 Å². The molecule has 0 radical (unpaired) electrons. The van der Waals surface area contributed by atoms with Crippen molar-refractivity contribution in [1.82, 2.24) is 14.8 Å². The fraction of sp³-hybridized carbons (Fsp3) is 0.111. The lowest BCUT2D eigenvalue weighted by Crippen LogP contribution is -1.95. The molecular formula is C9H7BrClN3. The molecule has 0 aliphatic heterocycles. The summed E-state index contributed by atoms with van der Waals surface area (Å²) in [7, 11) is 0. The van der Waals surface area contributed by atoms with E-state index in [2.05, 4.69) is 26.0 Å². The molecule has 0 spiro atoms. The van der Waals surface area contributed by atoms with Gasteiger partial charge in [0, 0.05) is 10.4 Å². The van der Waals surface area contributed by atoms with E-state index in [1.165, 1.54) is 6.33 Å². The minimum atomic E-state index is 0.510. The lowest BCUT2D eigenvalue weighted by Gasteiger charge is -2.04. The third-order valence-electron chi connectivity index (χ3n) is 1.83. The summed E-state index contributed by atoms with van der Waals surface area (Å²) in [6, 6.07) is 5.90. The first-order valence-electron chi connectivity index (χ1n) is 4.00. The maximum absolute atomic E-state index is 5.72. The topological polar surface area (TPSA) is 30.7 Å². The zero-order valence-corrected chi connectivity index (χ0v) is 9.53. The SMILES string of the molecule is ClCc1ccc(-n2cncn2)c(Br)c1. The van der Waals surface area contributed by atoms with Crippen molar-refractivity contribution >= 4 is 27.5 Å². The lowest BCUT2D eigenvalue weighted by molar-refractivity contribution is 0.874. The molecule has 0 amide bonds. The van der Waals surface area contributed by atoms with Crippen molar-refractivity contribution in [3.05, 3.63) is 40.9 Å². The number of alkyl halides is 1. The smallest absolute Gasteiger partial charge is 0.138 e. The highest BCUT2D eigenvalue weighted by molar-refractivity contribution is 9.10. The van der Waals surface area contributed by atoms with Crippen LogP contribution in [0.2, 0.25) is 0 Å². The average molecular weight is 273 g/mol. The van der Waals surface area contributed by atoms with Gasteiger partial charge in [0.1, 0.15) is 12.7 Å². The maximum atomic E-state index is 5.72. The van der Waals surface area contributed by atoms with Crippen LogP contribution >= 0.6 is 27.5 Å². The van der Waals surface area contributed by atoms with E-state index in [0.29, 0.717) is 5.88 Å². The van der Waals surface area contributed by atoms with Crippen molar-refractivity contribution in [2.75, 3.05) is 0 Å². The van der Waals surface area contributed by atoms with Crippen LogP contribution in [0.4, 0.5) is 0 Å². The lowest BCUT2D eigenvalue weighted by atomic mass is 10.2. The quantitative estimate of drug-likeness (QED) is 0.787. The Morgan fingerprint density at radius 1 is 1.43 bits per heavy atom. The molecule has 0 N–H and O–H groups in total. The molecule has 1 aromatic heterocycles. The van der Waals surface area contributed by atoms with Crippen molar-refractivity contribution in [3.63, 3.8) is 0 Å². The summed E-state index contributed by atoms with van der Waals surface area (Å²) in [6.45, 7) is 0. The molecule has 5 heteroatoms. The number of hydrogen-bond acceptors (Lipinski definition) is 2. The summed E-state index contributed by atoms with van der Waals surface area (Å²) in [4.78, 5) is 3.89. The van der Waals surface area contributed by atoms with Gasteiger partial charge in [-0.05, 0) is 33.6 Å². The Bertz CT molecular complexity index is 428. The van der Waals surface area contributed by atoms with Crippen LogP contribution in [0, 0.1) is 0 Å². The fourth-order valence-corrected chi connectivity index (χ4v) is 1.93. The van der Waals surface area contributed by atoms with Gasteiger partial charge in [0.2, 0.25) is 0 Å². The minimum Gasteiger partial charge on any atom is -0.223 e. The van der Waals surface area contributed by atoms with E-state index in [1.807, 2.05) is 18.2 Å². The molecule has 0 bridgehead atoms. The summed E-state index contributed by atoms with van der Waals surface area (Å²) in [5, 5.41) is 4.05. The molecule has 2 aromatic rings. The van der Waals surface area contributed by atoms with Crippen LogP contribution in [0.3, 0.4) is 0 Å². The van der Waals surface area contributed by atoms with Gasteiger partial charge in [-0.1, -0.05) is 6.07 Å². The van der Waals surface area contributed by atoms with Crippen LogP contribution in [-0.2, 0) is 5.88 Å². The molecule has 0 atom stereocenters. The van der Waals surface area contributed by atoms with Crippen molar-refractivity contribution in [2.45, 2.75) is 5.88 Å². The van der Waals surface area contributed by atoms with Crippen molar-refractivity contribution in [1.29, 1.82) is 0 Å². The van der Waals surface area contributed by atoms with Crippen LogP contribution in [-0.4, -0.2) is 14.8 Å². The first-order valence-corrected chi connectivity index (χ1v) is 5.33. The molecule has 1 aromatic carbocycles. The second-order valence-corrected chi connectivity index (χ2v) is 3.88. The van der Waals surface area contributed by atoms with Crippen LogP contribution in [0.25, 0.3) is 5.69 Å². The molecule has 0 saturated heterocycles. The summed E-state index contributed by atoms with van der Waals surface area (Å²) < 4.78 is 2.66. The number of aromatic nitrogens is 3. The molecule has 0 fully saturated rings. The Hall–Kier alpha value is -0.870. The number of nitrogens with zero attached hydrogens (tertiary/aromatic N) is 3. The van der Waals surface area contributed by atoms with E-state index in [-0.39, 0.29) is 0 Å². The van der Waals surface area contributed by atoms with Gasteiger partial charge >= 0.3 is 0 Å². The summed E-state index contributed by atoms with van der Waals surface area (Å²) in [5.74, 6) is 0.510. The Balaban J connectivity index is 2.46. The molecule has 0 saturated carbocycles. The summed E-state index contributed by atoms with van der Waals surface area (Å²) >= 11 is 9.18. The van der Waals surface area contributed by atoms with Gasteiger partial charge in [0.25, 0.3) is 0 Å². The molecule has 14 heavy (non-hydrogen) atoms. The van der Waals surface area contributed by atoms with Gasteiger partial charge in [-0.3, -0.25) is 0 Å². The van der Waals surface area contributed by atoms with Gasteiger partial charge in [-0.25, -0.2) is 9.67 Å². The highest BCUT2D eigenvalue weighted by Gasteiger charge is 2.03. The van der Waals surface area contributed by atoms with E-state index < -0.39 is 0 Å². The monoisotopic (exact) mass is 271 g/mol. The van der Waals surface area contributed by atoms with Crippen molar-refractivity contribution in [2.24, 2.45) is 0 Å². The molecule has 1 heterocycles. The highest BCUT2D eigenvalue weighted by Crippen LogP contribution is 2.22. The first kappa shape index (κ1) is 9.68. The standard InChI is InChI=1S/C9H7BrClN3/c10-8-3-7(4-11)1-2-9(8)14-6-12-5-13-14/h1-3,5-6H,4H2. The zero-order valence-electron chi connectivity index (χ0n) is 7.19. The Kier molecular flexibility index (Phi) is 2.84. The van der Waals surface area contributed by atoms with E-state index >= 15 is 0 Å². The van der Waals surface area contributed by atoms with E-state index in [0.717, 1.165) is 15.7 Å². The number of hydrogen-bond donors (Lipinski definition) is 0. The molecule has 0 unspecified atom stereocenters. The Morgan fingerprint density at radius 3 is 2.86 bits per heavy atom. The number of benzene rings is 1. The molecule has 0 aliphatic carbocycles. The number of rotatable bonds is 2. The third kappa shape index (κ3) is 1.81. The van der Waals surface area contributed by atoms with Gasteiger partial charge in [0.15, 0.2) is 0 Å². The predicted molar refractivity (Wildman–Crippen MR) is 58.6 cm³/mol. The van der Waals surface area contributed by atoms with Crippen LogP contribution in [0.5, 0.6) is 0 Å². The van der Waals surface area contributed by atoms with Crippen LogP contribution in [0.15, 0.2) is 35.3 Å². The first-order chi connectivity index (χ1) is 6.81. The van der Waals surface area contributed by atoms with Crippen LogP contribution in [0.1, 0.15) is 5.56 Å². The zero-order chi connectivity index (χ0) is 9.97. The fourth-order valence-electron chi connectivity index (χ4n) is 1.15. The molecule has 72 valence electrons. The third-order valence-corrected chi connectivity index (χ3v) is 2.78.